The minimum atomic E-state index is -0.388. The van der Waals surface area contributed by atoms with Gasteiger partial charge in [-0.05, 0) is 48.2 Å². The van der Waals surface area contributed by atoms with Crippen molar-refractivity contribution < 1.29 is 23.4 Å². The fourth-order valence-corrected chi connectivity index (χ4v) is 3.36. The summed E-state index contributed by atoms with van der Waals surface area (Å²) in [4.78, 5) is 23.9. The van der Waals surface area contributed by atoms with E-state index >= 15 is 0 Å². The maximum absolute atomic E-state index is 12.1. The first-order valence-electron chi connectivity index (χ1n) is 10.2. The number of fused-ring (bicyclic) bond motifs is 1. The molecule has 0 atom stereocenters. The first kappa shape index (κ1) is 22.2. The number of carbonyl (C=O) groups is 1. The highest BCUT2D eigenvalue weighted by Crippen LogP contribution is 2.27. The quantitative estimate of drug-likeness (QED) is 0.500. The summed E-state index contributed by atoms with van der Waals surface area (Å²) in [7, 11) is 3.18. The van der Waals surface area contributed by atoms with Crippen molar-refractivity contribution in [3.05, 3.63) is 64.0 Å². The van der Waals surface area contributed by atoms with Crippen molar-refractivity contribution in [1.29, 1.82) is 0 Å². The van der Waals surface area contributed by atoms with Crippen molar-refractivity contribution in [2.24, 2.45) is 0 Å². The minimum absolute atomic E-state index is 0.129. The predicted octanol–water partition coefficient (Wildman–Crippen LogP) is 3.50. The number of nitrogens with one attached hydrogen (secondary N) is 1. The third kappa shape index (κ3) is 5.78. The third-order valence-electron chi connectivity index (χ3n) is 4.87. The predicted molar refractivity (Wildman–Crippen MR) is 118 cm³/mol. The summed E-state index contributed by atoms with van der Waals surface area (Å²) in [6, 6.07) is 12.5. The SMILES string of the molecule is CCCc1cc(=O)oc2cc(OCC(=O)NCCc3ccc(OC)c(OC)c3)ccc12. The topological polar surface area (TPSA) is 87.0 Å². The van der Waals surface area contributed by atoms with Gasteiger partial charge >= 0.3 is 5.63 Å². The van der Waals surface area contributed by atoms with Gasteiger partial charge in [0.25, 0.3) is 5.91 Å². The molecule has 1 N–H and O–H groups in total. The highest BCUT2D eigenvalue weighted by Gasteiger charge is 2.09. The lowest BCUT2D eigenvalue weighted by Crippen LogP contribution is -2.30. The van der Waals surface area contributed by atoms with Gasteiger partial charge < -0.3 is 23.9 Å². The van der Waals surface area contributed by atoms with E-state index in [1.165, 1.54) is 6.07 Å². The molecule has 3 rings (SSSR count). The molecule has 0 aliphatic heterocycles. The molecule has 0 saturated heterocycles. The number of hydrogen-bond donors (Lipinski definition) is 1. The average Bonchev–Trinajstić information content (AvgIpc) is 2.77. The van der Waals surface area contributed by atoms with E-state index in [2.05, 4.69) is 12.2 Å². The number of benzene rings is 2. The lowest BCUT2D eigenvalue weighted by atomic mass is 10.1. The number of amides is 1. The van der Waals surface area contributed by atoms with Gasteiger partial charge in [0, 0.05) is 24.1 Å². The second kappa shape index (κ2) is 10.5. The van der Waals surface area contributed by atoms with Crippen LogP contribution in [-0.4, -0.2) is 33.3 Å². The summed E-state index contributed by atoms with van der Waals surface area (Å²) < 4.78 is 21.4. The van der Waals surface area contributed by atoms with Crippen LogP contribution in [-0.2, 0) is 17.6 Å². The van der Waals surface area contributed by atoms with Gasteiger partial charge in [-0.2, -0.15) is 0 Å². The monoisotopic (exact) mass is 425 g/mol. The molecule has 0 radical (unpaired) electrons. The number of hydrogen-bond acceptors (Lipinski definition) is 6. The number of carbonyl (C=O) groups excluding carboxylic acids is 1. The fraction of sp³-hybridized carbons (Fsp3) is 0.333. The van der Waals surface area contributed by atoms with E-state index < -0.39 is 0 Å². The summed E-state index contributed by atoms with van der Waals surface area (Å²) in [6.07, 6.45) is 2.37. The van der Waals surface area contributed by atoms with Gasteiger partial charge in [-0.25, -0.2) is 4.79 Å². The number of rotatable bonds is 10. The molecule has 1 heterocycles. The Morgan fingerprint density at radius 1 is 1.00 bits per heavy atom. The fourth-order valence-electron chi connectivity index (χ4n) is 3.36. The number of ether oxygens (including phenoxy) is 3. The molecule has 0 spiro atoms. The Hall–Kier alpha value is -3.48. The van der Waals surface area contributed by atoms with Crippen molar-refractivity contribution >= 4 is 16.9 Å². The standard InChI is InChI=1S/C24H27NO6/c1-4-5-17-13-24(27)31-21-14-18(7-8-19(17)21)30-15-23(26)25-11-10-16-6-9-20(28-2)22(12-16)29-3/h6-9,12-14H,4-5,10-11,15H2,1-3H3,(H,25,26). The summed E-state index contributed by atoms with van der Waals surface area (Å²) in [5.74, 6) is 1.55. The summed E-state index contributed by atoms with van der Waals surface area (Å²) >= 11 is 0. The van der Waals surface area contributed by atoms with Crippen molar-refractivity contribution in [1.82, 2.24) is 5.32 Å². The van der Waals surface area contributed by atoms with Gasteiger partial charge in [0.15, 0.2) is 18.1 Å². The lowest BCUT2D eigenvalue weighted by molar-refractivity contribution is -0.123. The summed E-state index contributed by atoms with van der Waals surface area (Å²) in [5.41, 5.74) is 2.04. The van der Waals surface area contributed by atoms with Crippen LogP contribution >= 0.6 is 0 Å². The summed E-state index contributed by atoms with van der Waals surface area (Å²) in [5, 5.41) is 3.71. The van der Waals surface area contributed by atoms with E-state index in [1.54, 1.807) is 26.4 Å². The third-order valence-corrected chi connectivity index (χ3v) is 4.87. The molecular formula is C24H27NO6. The van der Waals surface area contributed by atoms with E-state index in [9.17, 15) is 9.59 Å². The number of aryl methyl sites for hydroxylation is 1. The van der Waals surface area contributed by atoms with Gasteiger partial charge in [0.05, 0.1) is 14.2 Å². The Bertz CT molecular complexity index is 1100. The first-order chi connectivity index (χ1) is 15.0. The molecule has 7 heteroatoms. The Morgan fingerprint density at radius 3 is 2.55 bits per heavy atom. The molecule has 7 nitrogen and oxygen atoms in total. The lowest BCUT2D eigenvalue weighted by Gasteiger charge is -2.11. The van der Waals surface area contributed by atoms with Crippen molar-refractivity contribution in [2.45, 2.75) is 26.2 Å². The molecule has 0 bridgehead atoms. The smallest absolute Gasteiger partial charge is 0.336 e. The van der Waals surface area contributed by atoms with Crippen molar-refractivity contribution in [3.8, 4) is 17.2 Å². The molecular weight excluding hydrogens is 398 g/mol. The van der Waals surface area contributed by atoms with E-state index in [1.807, 2.05) is 24.3 Å². The zero-order chi connectivity index (χ0) is 22.2. The molecule has 1 amide bonds. The van der Waals surface area contributed by atoms with Crippen LogP contribution in [0, 0.1) is 0 Å². The van der Waals surface area contributed by atoms with Gasteiger partial charge in [-0.15, -0.1) is 0 Å². The van der Waals surface area contributed by atoms with E-state index in [0.717, 1.165) is 29.4 Å². The van der Waals surface area contributed by atoms with Crippen LogP contribution in [0.4, 0.5) is 0 Å². The molecule has 0 aliphatic rings. The molecule has 0 saturated carbocycles. The van der Waals surface area contributed by atoms with Crippen LogP contribution in [0.2, 0.25) is 0 Å². The molecule has 31 heavy (non-hydrogen) atoms. The van der Waals surface area contributed by atoms with Crippen LogP contribution in [0.25, 0.3) is 11.0 Å². The minimum Gasteiger partial charge on any atom is -0.493 e. The zero-order valence-corrected chi connectivity index (χ0v) is 18.0. The van der Waals surface area contributed by atoms with E-state index in [0.29, 0.717) is 35.8 Å². The Balaban J connectivity index is 1.54. The van der Waals surface area contributed by atoms with Crippen molar-refractivity contribution in [2.75, 3.05) is 27.4 Å². The van der Waals surface area contributed by atoms with Gasteiger partial charge in [0.2, 0.25) is 0 Å². The maximum Gasteiger partial charge on any atom is 0.336 e. The van der Waals surface area contributed by atoms with Crippen LogP contribution in [0.5, 0.6) is 17.2 Å². The van der Waals surface area contributed by atoms with Gasteiger partial charge in [-0.3, -0.25) is 4.79 Å². The summed E-state index contributed by atoms with van der Waals surface area (Å²) in [6.45, 7) is 2.39. The normalized spacial score (nSPS) is 10.7. The largest absolute Gasteiger partial charge is 0.493 e. The van der Waals surface area contributed by atoms with Crippen LogP contribution in [0.1, 0.15) is 24.5 Å². The van der Waals surface area contributed by atoms with E-state index in [-0.39, 0.29) is 18.1 Å². The van der Waals surface area contributed by atoms with Crippen molar-refractivity contribution in [3.63, 3.8) is 0 Å². The number of methoxy groups -OCH3 is 2. The first-order valence-corrected chi connectivity index (χ1v) is 10.2. The molecule has 0 fully saturated rings. The highest BCUT2D eigenvalue weighted by atomic mass is 16.5. The molecule has 3 aromatic rings. The molecule has 164 valence electrons. The van der Waals surface area contributed by atoms with Crippen LogP contribution < -0.4 is 25.2 Å². The Labute approximate surface area is 180 Å². The maximum atomic E-state index is 12.1. The molecule has 0 aliphatic carbocycles. The van der Waals surface area contributed by atoms with Crippen LogP contribution in [0.15, 0.2) is 51.7 Å². The molecule has 0 unspecified atom stereocenters. The molecule has 2 aromatic carbocycles. The van der Waals surface area contributed by atoms with Gasteiger partial charge in [-0.1, -0.05) is 19.4 Å². The van der Waals surface area contributed by atoms with Gasteiger partial charge in [0.1, 0.15) is 11.3 Å². The Morgan fingerprint density at radius 2 is 1.81 bits per heavy atom. The van der Waals surface area contributed by atoms with E-state index in [4.69, 9.17) is 18.6 Å². The van der Waals surface area contributed by atoms with Crippen LogP contribution in [0.3, 0.4) is 0 Å². The highest BCUT2D eigenvalue weighted by molar-refractivity contribution is 5.82. The second-order valence-corrected chi connectivity index (χ2v) is 7.08. The average molecular weight is 425 g/mol. The zero-order valence-electron chi connectivity index (χ0n) is 18.0. The second-order valence-electron chi connectivity index (χ2n) is 7.08. The molecule has 1 aromatic heterocycles. The Kier molecular flexibility index (Phi) is 7.54.